The number of likely N-dealkylation sites (N-methyl/N-ethyl adjacent to an activating group) is 1. The van der Waals surface area contributed by atoms with E-state index in [9.17, 15) is 14.4 Å². The standard InChI is InChI=1S/C14H19N3O4/c1-14(2,15-3)13(21)17-10-6-4-9(5-7-10)12(20)16-8-11(18)19/h4-7,15H,8H2,1-3H3,(H,16,20)(H,17,21)(H,18,19). The Hall–Kier alpha value is -2.41. The molecule has 114 valence electrons. The smallest absolute Gasteiger partial charge is 0.322 e. The van der Waals surface area contributed by atoms with Crippen LogP contribution in [0.15, 0.2) is 24.3 Å². The monoisotopic (exact) mass is 293 g/mol. The third-order valence-corrected chi connectivity index (χ3v) is 3.00. The van der Waals surface area contributed by atoms with Crippen LogP contribution in [0.5, 0.6) is 0 Å². The van der Waals surface area contributed by atoms with Crippen LogP contribution < -0.4 is 16.0 Å². The van der Waals surface area contributed by atoms with Crippen molar-refractivity contribution < 1.29 is 19.5 Å². The topological polar surface area (TPSA) is 108 Å². The zero-order chi connectivity index (χ0) is 16.0. The molecule has 1 aromatic rings. The number of nitrogens with one attached hydrogen (secondary N) is 3. The normalized spacial score (nSPS) is 10.8. The predicted molar refractivity (Wildman–Crippen MR) is 78.2 cm³/mol. The highest BCUT2D eigenvalue weighted by Crippen LogP contribution is 2.12. The molecule has 1 rings (SSSR count). The Kier molecular flexibility index (Phi) is 5.43. The van der Waals surface area contributed by atoms with Crippen molar-refractivity contribution in [1.29, 1.82) is 0 Å². The lowest BCUT2D eigenvalue weighted by Crippen LogP contribution is -2.47. The third-order valence-electron chi connectivity index (χ3n) is 3.00. The van der Waals surface area contributed by atoms with Crippen molar-refractivity contribution in [2.75, 3.05) is 18.9 Å². The highest BCUT2D eigenvalue weighted by molar-refractivity contribution is 5.99. The van der Waals surface area contributed by atoms with E-state index in [0.717, 1.165) is 0 Å². The molecule has 0 unspecified atom stereocenters. The summed E-state index contributed by atoms with van der Waals surface area (Å²) in [6, 6.07) is 6.19. The Balaban J connectivity index is 2.68. The minimum atomic E-state index is -1.11. The van der Waals surface area contributed by atoms with E-state index in [4.69, 9.17) is 5.11 Å². The summed E-state index contributed by atoms with van der Waals surface area (Å²) < 4.78 is 0. The average molecular weight is 293 g/mol. The number of anilines is 1. The summed E-state index contributed by atoms with van der Waals surface area (Å²) in [7, 11) is 1.69. The highest BCUT2D eigenvalue weighted by atomic mass is 16.4. The Labute approximate surface area is 122 Å². The molecule has 7 heteroatoms. The van der Waals surface area contributed by atoms with Gasteiger partial charge in [0.1, 0.15) is 6.54 Å². The Morgan fingerprint density at radius 1 is 1.14 bits per heavy atom. The number of carbonyl (C=O) groups excluding carboxylic acids is 2. The molecule has 2 amide bonds. The van der Waals surface area contributed by atoms with E-state index >= 15 is 0 Å². The van der Waals surface area contributed by atoms with Crippen LogP contribution in [0, 0.1) is 0 Å². The molecule has 0 aromatic heterocycles. The van der Waals surface area contributed by atoms with Gasteiger partial charge in [-0.2, -0.15) is 0 Å². The van der Waals surface area contributed by atoms with Crippen molar-refractivity contribution in [2.45, 2.75) is 19.4 Å². The van der Waals surface area contributed by atoms with Gasteiger partial charge in [-0.1, -0.05) is 0 Å². The molecule has 0 aliphatic carbocycles. The highest BCUT2D eigenvalue weighted by Gasteiger charge is 2.25. The first-order chi connectivity index (χ1) is 9.76. The largest absolute Gasteiger partial charge is 0.480 e. The zero-order valence-electron chi connectivity index (χ0n) is 12.2. The average Bonchev–Trinajstić information content (AvgIpc) is 2.45. The number of carboxylic acids is 1. The molecule has 0 spiro atoms. The fourth-order valence-corrected chi connectivity index (χ4v) is 1.36. The van der Waals surface area contributed by atoms with Gasteiger partial charge < -0.3 is 21.1 Å². The Bertz CT molecular complexity index is 538. The molecule has 4 N–H and O–H groups in total. The third kappa shape index (κ3) is 4.88. The molecule has 1 aromatic carbocycles. The molecule has 0 heterocycles. The van der Waals surface area contributed by atoms with E-state index in [1.807, 2.05) is 0 Å². The van der Waals surface area contributed by atoms with Gasteiger partial charge in [0.05, 0.1) is 5.54 Å². The molecular formula is C14H19N3O4. The molecule has 0 atom stereocenters. The van der Waals surface area contributed by atoms with E-state index in [0.29, 0.717) is 11.3 Å². The van der Waals surface area contributed by atoms with Crippen LogP contribution in [0.25, 0.3) is 0 Å². The second kappa shape index (κ2) is 6.85. The first-order valence-electron chi connectivity index (χ1n) is 6.36. The van der Waals surface area contributed by atoms with Gasteiger partial charge in [0, 0.05) is 11.3 Å². The lowest BCUT2D eigenvalue weighted by Gasteiger charge is -2.22. The Morgan fingerprint density at radius 2 is 1.71 bits per heavy atom. The van der Waals surface area contributed by atoms with Gasteiger partial charge in [-0.3, -0.25) is 14.4 Å². The molecule has 0 bridgehead atoms. The van der Waals surface area contributed by atoms with Crippen LogP contribution in [0.2, 0.25) is 0 Å². The van der Waals surface area contributed by atoms with Crippen LogP contribution in [-0.2, 0) is 9.59 Å². The zero-order valence-corrected chi connectivity index (χ0v) is 12.2. The SMILES string of the molecule is CNC(C)(C)C(=O)Nc1ccc(C(=O)NCC(=O)O)cc1. The van der Waals surface area contributed by atoms with Gasteiger partial charge >= 0.3 is 5.97 Å². The summed E-state index contributed by atoms with van der Waals surface area (Å²) in [5.74, 6) is -1.79. The minimum absolute atomic E-state index is 0.201. The number of aliphatic carboxylic acids is 1. The van der Waals surface area contributed by atoms with Crippen LogP contribution in [-0.4, -0.2) is 42.0 Å². The van der Waals surface area contributed by atoms with E-state index in [-0.39, 0.29) is 5.91 Å². The summed E-state index contributed by atoms with van der Waals surface area (Å²) in [6.07, 6.45) is 0. The summed E-state index contributed by atoms with van der Waals surface area (Å²) in [5.41, 5.74) is 0.164. The lowest BCUT2D eigenvalue weighted by molar-refractivity contribution is -0.135. The molecule has 7 nitrogen and oxygen atoms in total. The van der Waals surface area contributed by atoms with Crippen molar-refractivity contribution in [1.82, 2.24) is 10.6 Å². The van der Waals surface area contributed by atoms with Crippen LogP contribution in [0.1, 0.15) is 24.2 Å². The van der Waals surface area contributed by atoms with Crippen molar-refractivity contribution in [2.24, 2.45) is 0 Å². The molecule has 0 saturated heterocycles. The first-order valence-corrected chi connectivity index (χ1v) is 6.36. The number of carbonyl (C=O) groups is 3. The molecule has 0 fully saturated rings. The summed E-state index contributed by atoms with van der Waals surface area (Å²) in [4.78, 5) is 33.9. The van der Waals surface area contributed by atoms with Crippen molar-refractivity contribution in [3.05, 3.63) is 29.8 Å². The van der Waals surface area contributed by atoms with Gasteiger partial charge in [0.15, 0.2) is 0 Å². The Morgan fingerprint density at radius 3 is 2.19 bits per heavy atom. The second-order valence-corrected chi connectivity index (χ2v) is 4.98. The van der Waals surface area contributed by atoms with E-state index in [2.05, 4.69) is 16.0 Å². The lowest BCUT2D eigenvalue weighted by atomic mass is 10.0. The summed E-state index contributed by atoms with van der Waals surface area (Å²) >= 11 is 0. The molecule has 0 radical (unpaired) electrons. The number of hydrogen-bond acceptors (Lipinski definition) is 4. The van der Waals surface area contributed by atoms with Gasteiger partial charge in [-0.25, -0.2) is 0 Å². The number of hydrogen-bond donors (Lipinski definition) is 4. The number of amides is 2. The van der Waals surface area contributed by atoms with Crippen LogP contribution in [0.3, 0.4) is 0 Å². The summed E-state index contributed by atoms with van der Waals surface area (Å²) in [6.45, 7) is 3.06. The van der Waals surface area contributed by atoms with Gasteiger partial charge in [-0.15, -0.1) is 0 Å². The minimum Gasteiger partial charge on any atom is -0.480 e. The van der Waals surface area contributed by atoms with Gasteiger partial charge in [0.25, 0.3) is 5.91 Å². The molecule has 21 heavy (non-hydrogen) atoms. The first kappa shape index (κ1) is 16.6. The predicted octanol–water partition coefficient (Wildman–Crippen LogP) is 0.437. The van der Waals surface area contributed by atoms with Crippen molar-refractivity contribution >= 4 is 23.5 Å². The number of benzene rings is 1. The van der Waals surface area contributed by atoms with E-state index < -0.39 is 24.0 Å². The molecule has 0 aliphatic rings. The van der Waals surface area contributed by atoms with E-state index in [1.54, 1.807) is 33.0 Å². The number of rotatable bonds is 6. The second-order valence-electron chi connectivity index (χ2n) is 4.98. The fraction of sp³-hybridized carbons (Fsp3) is 0.357. The van der Waals surface area contributed by atoms with E-state index in [1.165, 1.54) is 12.1 Å². The molecular weight excluding hydrogens is 274 g/mol. The molecule has 0 aliphatic heterocycles. The fourth-order valence-electron chi connectivity index (χ4n) is 1.36. The maximum atomic E-state index is 11.9. The van der Waals surface area contributed by atoms with Crippen molar-refractivity contribution in [3.63, 3.8) is 0 Å². The van der Waals surface area contributed by atoms with Gasteiger partial charge in [0.2, 0.25) is 5.91 Å². The van der Waals surface area contributed by atoms with Crippen molar-refractivity contribution in [3.8, 4) is 0 Å². The maximum absolute atomic E-state index is 11.9. The summed E-state index contributed by atoms with van der Waals surface area (Å²) in [5, 5.41) is 16.3. The maximum Gasteiger partial charge on any atom is 0.322 e. The number of carboxylic acid groups (broad SMARTS) is 1. The molecule has 0 saturated carbocycles. The van der Waals surface area contributed by atoms with Crippen LogP contribution >= 0.6 is 0 Å². The quantitative estimate of drug-likeness (QED) is 0.608. The van der Waals surface area contributed by atoms with Crippen LogP contribution in [0.4, 0.5) is 5.69 Å². The van der Waals surface area contributed by atoms with Gasteiger partial charge in [-0.05, 0) is 45.2 Å².